The van der Waals surface area contributed by atoms with Crippen LogP contribution in [0.4, 0.5) is 19.2 Å². The number of esters is 1. The maximum atomic E-state index is 12.9. The maximum Gasteiger partial charge on any atom is 0.455 e. The van der Waals surface area contributed by atoms with Crippen molar-refractivity contribution in [3.8, 4) is 0 Å². The molecular weight excluding hydrogens is 437 g/mol. The molecule has 33 heavy (non-hydrogen) atoms. The van der Waals surface area contributed by atoms with Gasteiger partial charge in [0.05, 0.1) is 5.92 Å². The summed E-state index contributed by atoms with van der Waals surface area (Å²) in [4.78, 5) is 20.4. The van der Waals surface area contributed by atoms with Gasteiger partial charge in [0.2, 0.25) is 0 Å². The molecule has 1 aromatic heterocycles. The van der Waals surface area contributed by atoms with E-state index in [1.807, 2.05) is 35.2 Å². The molecule has 3 fully saturated rings. The molecule has 0 saturated carbocycles. The van der Waals surface area contributed by atoms with Crippen LogP contribution in [0.15, 0.2) is 34.9 Å². The Balaban J connectivity index is 1.13. The smallest absolute Gasteiger partial charge is 0.455 e. The molecule has 0 spiro atoms. The SMILES string of the molecule is O=C(OCc1ccccc1)C1CCN([C@H]2C[C@H]3CC[C@@H](C2)N3c2nc(C(F)(F)F)no2)CC1. The van der Waals surface area contributed by atoms with Gasteiger partial charge in [-0.2, -0.15) is 18.2 Å². The second-order valence-corrected chi connectivity index (χ2v) is 9.22. The molecule has 0 amide bonds. The monoisotopic (exact) mass is 464 g/mol. The minimum absolute atomic E-state index is 0.0202. The number of fused-ring (bicyclic) bond motifs is 2. The lowest BCUT2D eigenvalue weighted by Crippen LogP contribution is -2.52. The lowest BCUT2D eigenvalue weighted by Gasteiger charge is -2.44. The van der Waals surface area contributed by atoms with Crippen molar-refractivity contribution in [3.05, 3.63) is 41.7 Å². The van der Waals surface area contributed by atoms with E-state index in [9.17, 15) is 18.0 Å². The molecule has 0 aliphatic carbocycles. The lowest BCUT2D eigenvalue weighted by molar-refractivity contribution is -0.152. The number of nitrogens with zero attached hydrogens (tertiary/aromatic N) is 4. The molecule has 3 aliphatic heterocycles. The van der Waals surface area contributed by atoms with Crippen molar-refractivity contribution < 1.29 is 27.2 Å². The second kappa shape index (κ2) is 8.96. The number of benzene rings is 1. The van der Waals surface area contributed by atoms with Crippen molar-refractivity contribution in [3.63, 3.8) is 0 Å². The summed E-state index contributed by atoms with van der Waals surface area (Å²) in [6.07, 6.45) is 0.447. The predicted octanol–water partition coefficient (Wildman–Crippen LogP) is 4.04. The summed E-state index contributed by atoms with van der Waals surface area (Å²) >= 11 is 0. The zero-order valence-electron chi connectivity index (χ0n) is 18.2. The Morgan fingerprint density at radius 3 is 2.30 bits per heavy atom. The number of ether oxygens (including phenoxy) is 1. The van der Waals surface area contributed by atoms with Gasteiger partial charge in [0.15, 0.2) is 0 Å². The summed E-state index contributed by atoms with van der Waals surface area (Å²) in [5, 5.41) is 3.12. The van der Waals surface area contributed by atoms with Crippen LogP contribution in [0.1, 0.15) is 49.9 Å². The fourth-order valence-corrected chi connectivity index (χ4v) is 5.54. The summed E-state index contributed by atoms with van der Waals surface area (Å²) in [5.74, 6) is -1.44. The van der Waals surface area contributed by atoms with Gasteiger partial charge in [-0.3, -0.25) is 4.79 Å². The van der Waals surface area contributed by atoms with E-state index in [4.69, 9.17) is 9.26 Å². The quantitative estimate of drug-likeness (QED) is 0.619. The molecule has 0 unspecified atom stereocenters. The molecule has 3 atom stereocenters. The average molecular weight is 464 g/mol. The average Bonchev–Trinajstić information content (AvgIpc) is 3.40. The van der Waals surface area contributed by atoms with Gasteiger partial charge < -0.3 is 19.1 Å². The van der Waals surface area contributed by atoms with Crippen LogP contribution in [0.2, 0.25) is 0 Å². The van der Waals surface area contributed by atoms with Crippen molar-refractivity contribution in [2.45, 2.75) is 69.4 Å². The van der Waals surface area contributed by atoms with Crippen molar-refractivity contribution >= 4 is 12.0 Å². The molecule has 7 nitrogen and oxygen atoms in total. The van der Waals surface area contributed by atoms with Gasteiger partial charge in [-0.25, -0.2) is 0 Å². The topological polar surface area (TPSA) is 71.7 Å². The summed E-state index contributed by atoms with van der Waals surface area (Å²) in [6, 6.07) is 10.2. The number of anilines is 1. The summed E-state index contributed by atoms with van der Waals surface area (Å²) in [5.41, 5.74) is 0.981. The molecule has 1 aromatic carbocycles. The fourth-order valence-electron chi connectivity index (χ4n) is 5.54. The van der Waals surface area contributed by atoms with Crippen molar-refractivity contribution in [2.24, 2.45) is 5.92 Å². The number of halogens is 3. The van der Waals surface area contributed by atoms with Gasteiger partial charge in [0, 0.05) is 18.1 Å². The van der Waals surface area contributed by atoms with E-state index in [1.54, 1.807) is 0 Å². The Kier molecular flexibility index (Phi) is 6.03. The Bertz CT molecular complexity index is 945. The standard InChI is InChI=1S/C23H27F3N4O3/c24-23(25,26)21-27-22(33-28-21)30-17-6-7-18(30)13-19(12-17)29-10-8-16(9-11-29)20(31)32-14-15-4-2-1-3-5-15/h1-5,16-19H,6-14H2/t17-,18+,19+. The van der Waals surface area contributed by atoms with E-state index in [0.717, 1.165) is 57.2 Å². The Hall–Kier alpha value is -2.62. The molecular formula is C23H27F3N4O3. The van der Waals surface area contributed by atoms with Gasteiger partial charge in [0.25, 0.3) is 5.82 Å². The molecule has 5 rings (SSSR count). The van der Waals surface area contributed by atoms with E-state index in [0.29, 0.717) is 12.6 Å². The van der Waals surface area contributed by atoms with Crippen LogP contribution in [0, 0.1) is 5.92 Å². The Morgan fingerprint density at radius 2 is 1.70 bits per heavy atom. The predicted molar refractivity (Wildman–Crippen MR) is 112 cm³/mol. The first-order valence-electron chi connectivity index (χ1n) is 11.5. The minimum Gasteiger partial charge on any atom is -0.461 e. The second-order valence-electron chi connectivity index (χ2n) is 9.22. The summed E-state index contributed by atoms with van der Waals surface area (Å²) < 4.78 is 49.1. The third-order valence-corrected chi connectivity index (χ3v) is 7.20. The Morgan fingerprint density at radius 1 is 1.03 bits per heavy atom. The first-order chi connectivity index (χ1) is 15.9. The molecule has 0 radical (unpaired) electrons. The molecule has 3 aliphatic rings. The van der Waals surface area contributed by atoms with Gasteiger partial charge in [-0.05, 0) is 62.3 Å². The van der Waals surface area contributed by atoms with Crippen LogP contribution in [0.3, 0.4) is 0 Å². The van der Waals surface area contributed by atoms with E-state index in [-0.39, 0.29) is 30.0 Å². The zero-order valence-corrected chi connectivity index (χ0v) is 18.2. The van der Waals surface area contributed by atoms with Crippen LogP contribution < -0.4 is 4.90 Å². The summed E-state index contributed by atoms with van der Waals surface area (Å²) in [7, 11) is 0. The van der Waals surface area contributed by atoms with E-state index in [2.05, 4.69) is 15.0 Å². The number of likely N-dealkylation sites (tertiary alicyclic amines) is 1. The van der Waals surface area contributed by atoms with Gasteiger partial charge in [-0.1, -0.05) is 30.3 Å². The molecule has 3 saturated heterocycles. The van der Waals surface area contributed by atoms with Crippen LogP contribution in [-0.2, 0) is 22.3 Å². The van der Waals surface area contributed by atoms with E-state index >= 15 is 0 Å². The maximum absolute atomic E-state index is 12.9. The van der Waals surface area contributed by atoms with Crippen molar-refractivity contribution in [1.82, 2.24) is 15.0 Å². The number of carbonyl (C=O) groups is 1. The number of rotatable bonds is 5. The van der Waals surface area contributed by atoms with Crippen molar-refractivity contribution in [1.29, 1.82) is 0 Å². The van der Waals surface area contributed by atoms with Crippen LogP contribution in [0.5, 0.6) is 0 Å². The lowest BCUT2D eigenvalue weighted by atomic mass is 9.91. The fraction of sp³-hybridized carbons (Fsp3) is 0.609. The number of hydrogen-bond acceptors (Lipinski definition) is 7. The van der Waals surface area contributed by atoms with Gasteiger partial charge in [0.1, 0.15) is 6.61 Å². The molecule has 2 bridgehead atoms. The number of hydrogen-bond donors (Lipinski definition) is 0. The molecule has 2 aromatic rings. The number of aromatic nitrogens is 2. The minimum atomic E-state index is -4.61. The van der Waals surface area contributed by atoms with Crippen molar-refractivity contribution in [2.75, 3.05) is 18.0 Å². The largest absolute Gasteiger partial charge is 0.461 e. The summed E-state index contributed by atoms with van der Waals surface area (Å²) in [6.45, 7) is 1.95. The third kappa shape index (κ3) is 4.71. The molecule has 178 valence electrons. The van der Waals surface area contributed by atoms with E-state index < -0.39 is 12.0 Å². The highest BCUT2D eigenvalue weighted by molar-refractivity contribution is 5.72. The highest BCUT2D eigenvalue weighted by Crippen LogP contribution is 2.41. The number of alkyl halides is 3. The number of piperidine rings is 2. The normalized spacial score (nSPS) is 26.5. The van der Waals surface area contributed by atoms with Crippen LogP contribution in [0.25, 0.3) is 0 Å². The Labute approximate surface area is 189 Å². The molecule has 4 heterocycles. The molecule has 0 N–H and O–H groups in total. The van der Waals surface area contributed by atoms with Gasteiger partial charge in [-0.15, -0.1) is 0 Å². The van der Waals surface area contributed by atoms with Crippen LogP contribution in [-0.4, -0.2) is 52.2 Å². The van der Waals surface area contributed by atoms with E-state index in [1.165, 1.54) is 0 Å². The molecule has 10 heteroatoms. The zero-order chi connectivity index (χ0) is 23.0. The third-order valence-electron chi connectivity index (χ3n) is 7.20. The van der Waals surface area contributed by atoms with Gasteiger partial charge >= 0.3 is 18.2 Å². The first-order valence-corrected chi connectivity index (χ1v) is 11.5. The number of carbonyl (C=O) groups excluding carboxylic acids is 1. The highest BCUT2D eigenvalue weighted by Gasteiger charge is 2.46. The highest BCUT2D eigenvalue weighted by atomic mass is 19.4. The van der Waals surface area contributed by atoms with Crippen LogP contribution >= 0.6 is 0 Å². The first kappa shape index (κ1) is 22.2.